The molecule has 0 radical (unpaired) electrons. The van der Waals surface area contributed by atoms with Gasteiger partial charge in [-0.1, -0.05) is 11.6 Å². The van der Waals surface area contributed by atoms with E-state index in [1.807, 2.05) is 12.1 Å². The molecule has 92 valence electrons. The molecule has 0 saturated heterocycles. The summed E-state index contributed by atoms with van der Waals surface area (Å²) < 4.78 is 5.29. The molecule has 1 aliphatic rings. The zero-order chi connectivity index (χ0) is 12.5. The Bertz CT molecular complexity index is 551. The van der Waals surface area contributed by atoms with Crippen LogP contribution in [0.2, 0.25) is 5.02 Å². The van der Waals surface area contributed by atoms with Crippen LogP contribution in [0, 0.1) is 5.92 Å². The highest BCUT2D eigenvalue weighted by Gasteiger charge is 2.45. The van der Waals surface area contributed by atoms with Gasteiger partial charge in [-0.2, -0.15) is 0 Å². The van der Waals surface area contributed by atoms with Crippen molar-refractivity contribution in [3.8, 4) is 0 Å². The molecule has 2 heterocycles. The highest BCUT2D eigenvalue weighted by atomic mass is 35.5. The van der Waals surface area contributed by atoms with Crippen LogP contribution in [-0.2, 0) is 4.79 Å². The van der Waals surface area contributed by atoms with Gasteiger partial charge >= 0.3 is 0 Å². The van der Waals surface area contributed by atoms with Gasteiger partial charge in [0.15, 0.2) is 0 Å². The smallest absolute Gasteiger partial charge is 0.229 e. The zero-order valence-electron chi connectivity index (χ0n) is 9.47. The number of anilines is 1. The van der Waals surface area contributed by atoms with Crippen molar-refractivity contribution in [2.24, 2.45) is 5.92 Å². The minimum Gasteiger partial charge on any atom is -0.469 e. The molecule has 0 bridgehead atoms. The van der Waals surface area contributed by atoms with Crippen LogP contribution < -0.4 is 5.32 Å². The molecule has 2 aromatic heterocycles. The molecule has 1 saturated carbocycles. The van der Waals surface area contributed by atoms with Crippen LogP contribution in [0.25, 0.3) is 0 Å². The van der Waals surface area contributed by atoms with Gasteiger partial charge in [-0.15, -0.1) is 0 Å². The van der Waals surface area contributed by atoms with Gasteiger partial charge in [-0.05, 0) is 30.7 Å². The van der Waals surface area contributed by atoms with Crippen molar-refractivity contribution >= 4 is 23.3 Å². The minimum atomic E-state index is -0.0220. The van der Waals surface area contributed by atoms with Crippen molar-refractivity contribution in [2.45, 2.75) is 12.3 Å². The summed E-state index contributed by atoms with van der Waals surface area (Å²) in [5, 5.41) is 3.32. The average Bonchev–Trinajstić information content (AvgIpc) is 2.99. The molecule has 4 nitrogen and oxygen atoms in total. The van der Waals surface area contributed by atoms with Crippen LogP contribution >= 0.6 is 11.6 Å². The van der Waals surface area contributed by atoms with E-state index in [1.54, 1.807) is 18.4 Å². The first kappa shape index (κ1) is 11.3. The van der Waals surface area contributed by atoms with Gasteiger partial charge in [0.2, 0.25) is 5.91 Å². The molecule has 18 heavy (non-hydrogen) atoms. The average molecular weight is 263 g/mol. The van der Waals surface area contributed by atoms with Crippen LogP contribution in [0.4, 0.5) is 5.82 Å². The third kappa shape index (κ3) is 2.24. The Morgan fingerprint density at radius 2 is 2.33 bits per heavy atom. The minimum absolute atomic E-state index is 0.0198. The van der Waals surface area contributed by atoms with Gasteiger partial charge in [0.05, 0.1) is 11.3 Å². The lowest BCUT2D eigenvalue weighted by molar-refractivity contribution is -0.117. The van der Waals surface area contributed by atoms with Gasteiger partial charge < -0.3 is 9.73 Å². The fraction of sp³-hybridized carbons (Fsp3) is 0.231. The summed E-state index contributed by atoms with van der Waals surface area (Å²) in [6.07, 6.45) is 3.96. The Labute approximate surface area is 109 Å². The third-order valence-corrected chi connectivity index (χ3v) is 3.24. The van der Waals surface area contributed by atoms with Gasteiger partial charge in [-0.3, -0.25) is 4.79 Å². The predicted molar refractivity (Wildman–Crippen MR) is 67.4 cm³/mol. The molecule has 2 aromatic rings. The Morgan fingerprint density at radius 1 is 1.44 bits per heavy atom. The quantitative estimate of drug-likeness (QED) is 0.925. The number of halogens is 1. The molecule has 2 unspecified atom stereocenters. The Morgan fingerprint density at radius 3 is 3.00 bits per heavy atom. The lowest BCUT2D eigenvalue weighted by atomic mass is 10.2. The van der Waals surface area contributed by atoms with Crippen LogP contribution in [-0.4, -0.2) is 10.9 Å². The van der Waals surface area contributed by atoms with Crippen molar-refractivity contribution < 1.29 is 9.21 Å². The van der Waals surface area contributed by atoms with E-state index in [4.69, 9.17) is 16.0 Å². The molecule has 2 atom stereocenters. The highest BCUT2D eigenvalue weighted by Crippen LogP contribution is 2.48. The molecule has 1 amide bonds. The van der Waals surface area contributed by atoms with Crippen molar-refractivity contribution in [2.75, 3.05) is 5.32 Å². The van der Waals surface area contributed by atoms with Gasteiger partial charge in [-0.25, -0.2) is 4.98 Å². The number of hydrogen-bond acceptors (Lipinski definition) is 3. The number of hydrogen-bond donors (Lipinski definition) is 1. The summed E-state index contributed by atoms with van der Waals surface area (Å²) in [6, 6.07) is 7.12. The molecule has 1 aliphatic carbocycles. The maximum Gasteiger partial charge on any atom is 0.229 e. The number of aromatic nitrogens is 1. The van der Waals surface area contributed by atoms with E-state index in [-0.39, 0.29) is 17.7 Å². The van der Waals surface area contributed by atoms with Crippen LogP contribution in [0.1, 0.15) is 18.1 Å². The second kappa shape index (κ2) is 4.46. The van der Waals surface area contributed by atoms with Gasteiger partial charge in [0.1, 0.15) is 11.6 Å². The number of pyridine rings is 1. The van der Waals surface area contributed by atoms with E-state index in [2.05, 4.69) is 10.3 Å². The number of rotatable bonds is 3. The molecule has 5 heteroatoms. The lowest BCUT2D eigenvalue weighted by Gasteiger charge is -2.03. The monoisotopic (exact) mass is 262 g/mol. The summed E-state index contributed by atoms with van der Waals surface area (Å²) in [5.74, 6) is 1.56. The molecule has 1 N–H and O–H groups in total. The van der Waals surface area contributed by atoms with Crippen LogP contribution in [0.5, 0.6) is 0 Å². The normalized spacial score (nSPS) is 21.6. The van der Waals surface area contributed by atoms with E-state index >= 15 is 0 Å². The SMILES string of the molecule is O=C(Nc1ccc(Cl)cn1)C1CC1c1ccco1. The number of amides is 1. The topological polar surface area (TPSA) is 55.1 Å². The first-order valence-corrected chi connectivity index (χ1v) is 6.07. The fourth-order valence-electron chi connectivity index (χ4n) is 1.97. The maximum absolute atomic E-state index is 11.9. The second-order valence-electron chi connectivity index (χ2n) is 4.32. The molecule has 3 rings (SSSR count). The molecular formula is C13H11ClN2O2. The van der Waals surface area contributed by atoms with Gasteiger partial charge in [0, 0.05) is 18.0 Å². The zero-order valence-corrected chi connectivity index (χ0v) is 10.2. The van der Waals surface area contributed by atoms with E-state index in [9.17, 15) is 4.79 Å². The van der Waals surface area contributed by atoms with Crippen molar-refractivity contribution in [3.63, 3.8) is 0 Å². The van der Waals surface area contributed by atoms with E-state index < -0.39 is 0 Å². The first-order valence-electron chi connectivity index (χ1n) is 5.70. The Hall–Kier alpha value is -1.81. The molecular weight excluding hydrogens is 252 g/mol. The van der Waals surface area contributed by atoms with Crippen LogP contribution in [0.3, 0.4) is 0 Å². The van der Waals surface area contributed by atoms with Gasteiger partial charge in [0.25, 0.3) is 0 Å². The van der Waals surface area contributed by atoms with Crippen LogP contribution in [0.15, 0.2) is 41.1 Å². The number of furan rings is 1. The summed E-state index contributed by atoms with van der Waals surface area (Å²) in [7, 11) is 0. The number of nitrogens with one attached hydrogen (secondary N) is 1. The van der Waals surface area contributed by atoms with Crippen molar-refractivity contribution in [1.82, 2.24) is 4.98 Å². The number of carbonyl (C=O) groups excluding carboxylic acids is 1. The third-order valence-electron chi connectivity index (χ3n) is 3.01. The predicted octanol–water partition coefficient (Wildman–Crippen LogP) is 3.07. The molecule has 0 spiro atoms. The second-order valence-corrected chi connectivity index (χ2v) is 4.75. The molecule has 0 aromatic carbocycles. The van der Waals surface area contributed by atoms with E-state index in [1.165, 1.54) is 6.20 Å². The lowest BCUT2D eigenvalue weighted by Crippen LogP contribution is -2.15. The summed E-state index contributed by atoms with van der Waals surface area (Å²) in [4.78, 5) is 16.0. The number of carbonyl (C=O) groups is 1. The largest absolute Gasteiger partial charge is 0.469 e. The first-order chi connectivity index (χ1) is 8.74. The fourth-order valence-corrected chi connectivity index (χ4v) is 2.08. The summed E-state index contributed by atoms with van der Waals surface area (Å²) in [6.45, 7) is 0. The van der Waals surface area contributed by atoms with E-state index in [0.717, 1.165) is 12.2 Å². The van der Waals surface area contributed by atoms with Crippen molar-refractivity contribution in [3.05, 3.63) is 47.5 Å². The van der Waals surface area contributed by atoms with Crippen molar-refractivity contribution in [1.29, 1.82) is 0 Å². The highest BCUT2D eigenvalue weighted by molar-refractivity contribution is 6.30. The molecule has 1 fully saturated rings. The number of nitrogens with zero attached hydrogens (tertiary/aromatic N) is 1. The summed E-state index contributed by atoms with van der Waals surface area (Å²) >= 11 is 5.73. The van der Waals surface area contributed by atoms with E-state index in [0.29, 0.717) is 10.8 Å². The Balaban J connectivity index is 1.62. The standard InChI is InChI=1S/C13H11ClN2O2/c14-8-3-4-12(15-7-8)16-13(17)10-6-9(10)11-2-1-5-18-11/h1-5,7,9-10H,6H2,(H,15,16,17). The molecule has 0 aliphatic heterocycles. The summed E-state index contributed by atoms with van der Waals surface area (Å²) in [5.41, 5.74) is 0. The Kier molecular flexibility index (Phi) is 2.80. The maximum atomic E-state index is 11.9.